The van der Waals surface area contributed by atoms with Gasteiger partial charge in [0.25, 0.3) is 0 Å². The Morgan fingerprint density at radius 3 is 2.89 bits per heavy atom. The molecule has 1 N–H and O–H groups in total. The van der Waals surface area contributed by atoms with E-state index in [1.54, 1.807) is 7.05 Å². The maximum absolute atomic E-state index is 11.8. The summed E-state index contributed by atoms with van der Waals surface area (Å²) in [5.74, 6) is 0.349. The molecular formula is C14H27NO4. The van der Waals surface area contributed by atoms with Crippen molar-refractivity contribution >= 4 is 5.97 Å². The standard InChI is InChI=1S/C14H27NO4/c1-4-19-13(16)14(2,15-3)7-5-8-17-10-12-6-9-18-11-12/h12,15H,4-11H2,1-3H3. The third-order valence-electron chi connectivity index (χ3n) is 3.62. The van der Waals surface area contributed by atoms with Crippen molar-refractivity contribution in [2.75, 3.05) is 40.1 Å². The van der Waals surface area contributed by atoms with E-state index in [-0.39, 0.29) is 5.97 Å². The summed E-state index contributed by atoms with van der Waals surface area (Å²) >= 11 is 0. The molecule has 0 amide bonds. The van der Waals surface area contributed by atoms with Gasteiger partial charge in [0.05, 0.1) is 19.8 Å². The van der Waals surface area contributed by atoms with Crippen molar-refractivity contribution in [1.82, 2.24) is 5.32 Å². The van der Waals surface area contributed by atoms with E-state index in [1.807, 2.05) is 13.8 Å². The predicted molar refractivity (Wildman–Crippen MR) is 73.1 cm³/mol. The van der Waals surface area contributed by atoms with Crippen molar-refractivity contribution < 1.29 is 19.0 Å². The Morgan fingerprint density at radius 1 is 1.53 bits per heavy atom. The number of hydrogen-bond acceptors (Lipinski definition) is 5. The number of esters is 1. The third-order valence-corrected chi connectivity index (χ3v) is 3.62. The van der Waals surface area contributed by atoms with E-state index in [0.717, 1.165) is 32.7 Å². The van der Waals surface area contributed by atoms with Gasteiger partial charge in [0, 0.05) is 19.1 Å². The molecule has 2 atom stereocenters. The number of hydrogen-bond donors (Lipinski definition) is 1. The number of nitrogens with one attached hydrogen (secondary N) is 1. The molecule has 0 spiro atoms. The molecule has 1 aliphatic heterocycles. The van der Waals surface area contributed by atoms with E-state index in [4.69, 9.17) is 14.2 Å². The fraction of sp³-hybridized carbons (Fsp3) is 0.929. The second kappa shape index (κ2) is 8.51. The van der Waals surface area contributed by atoms with Crippen LogP contribution in [-0.4, -0.2) is 51.6 Å². The summed E-state index contributed by atoms with van der Waals surface area (Å²) in [5, 5.41) is 3.04. The van der Waals surface area contributed by atoms with Crippen LogP contribution in [0.3, 0.4) is 0 Å². The van der Waals surface area contributed by atoms with Crippen LogP contribution < -0.4 is 5.32 Å². The molecule has 0 bridgehead atoms. The van der Waals surface area contributed by atoms with Crippen molar-refractivity contribution in [3.63, 3.8) is 0 Å². The van der Waals surface area contributed by atoms with Gasteiger partial charge in [-0.15, -0.1) is 0 Å². The molecule has 1 saturated heterocycles. The van der Waals surface area contributed by atoms with Crippen molar-refractivity contribution in [2.24, 2.45) is 5.92 Å². The Hall–Kier alpha value is -0.650. The van der Waals surface area contributed by atoms with E-state index in [0.29, 0.717) is 25.6 Å². The molecule has 1 heterocycles. The maximum atomic E-state index is 11.8. The number of carbonyl (C=O) groups is 1. The summed E-state index contributed by atoms with van der Waals surface area (Å²) in [6.07, 6.45) is 2.64. The van der Waals surface area contributed by atoms with E-state index in [9.17, 15) is 4.79 Å². The van der Waals surface area contributed by atoms with Crippen molar-refractivity contribution in [3.8, 4) is 0 Å². The Bertz CT molecular complexity index is 266. The molecule has 112 valence electrons. The number of carbonyl (C=O) groups excluding carboxylic acids is 1. The van der Waals surface area contributed by atoms with Gasteiger partial charge in [-0.25, -0.2) is 0 Å². The minimum atomic E-state index is -0.615. The normalized spacial score (nSPS) is 22.2. The topological polar surface area (TPSA) is 56.8 Å². The molecule has 0 aliphatic carbocycles. The smallest absolute Gasteiger partial charge is 0.326 e. The van der Waals surface area contributed by atoms with E-state index >= 15 is 0 Å². The second-order valence-corrected chi connectivity index (χ2v) is 5.21. The van der Waals surface area contributed by atoms with Crippen LogP contribution in [0.2, 0.25) is 0 Å². The Labute approximate surface area is 116 Å². The number of likely N-dealkylation sites (N-methyl/N-ethyl adjacent to an activating group) is 1. The second-order valence-electron chi connectivity index (χ2n) is 5.21. The fourth-order valence-electron chi connectivity index (χ4n) is 2.11. The van der Waals surface area contributed by atoms with Crippen LogP contribution in [0, 0.1) is 5.92 Å². The summed E-state index contributed by atoms with van der Waals surface area (Å²) in [4.78, 5) is 11.8. The van der Waals surface area contributed by atoms with E-state index < -0.39 is 5.54 Å². The highest BCUT2D eigenvalue weighted by atomic mass is 16.5. The van der Waals surface area contributed by atoms with Crippen LogP contribution in [0.1, 0.15) is 33.1 Å². The molecule has 0 radical (unpaired) electrons. The van der Waals surface area contributed by atoms with E-state index in [2.05, 4.69) is 5.32 Å². The molecular weight excluding hydrogens is 246 g/mol. The van der Waals surface area contributed by atoms with Gasteiger partial charge in [-0.05, 0) is 40.2 Å². The van der Waals surface area contributed by atoms with E-state index in [1.165, 1.54) is 0 Å². The van der Waals surface area contributed by atoms with Crippen LogP contribution in [0.25, 0.3) is 0 Å². The molecule has 5 heteroatoms. The van der Waals surface area contributed by atoms with Crippen LogP contribution in [0.15, 0.2) is 0 Å². The third kappa shape index (κ3) is 5.47. The zero-order valence-electron chi connectivity index (χ0n) is 12.4. The highest BCUT2D eigenvalue weighted by molar-refractivity contribution is 5.80. The van der Waals surface area contributed by atoms with Crippen LogP contribution >= 0.6 is 0 Å². The molecule has 0 aromatic rings. The van der Waals surface area contributed by atoms with Gasteiger partial charge in [-0.1, -0.05) is 0 Å². The van der Waals surface area contributed by atoms with Gasteiger partial charge < -0.3 is 19.5 Å². The first-order valence-corrected chi connectivity index (χ1v) is 7.14. The largest absolute Gasteiger partial charge is 0.465 e. The highest BCUT2D eigenvalue weighted by Crippen LogP contribution is 2.16. The average molecular weight is 273 g/mol. The minimum absolute atomic E-state index is 0.193. The molecule has 2 unspecified atom stereocenters. The zero-order chi connectivity index (χ0) is 14.1. The first-order chi connectivity index (χ1) is 9.12. The Balaban J connectivity index is 2.15. The highest BCUT2D eigenvalue weighted by Gasteiger charge is 2.32. The molecule has 0 aromatic carbocycles. The molecule has 1 rings (SSSR count). The lowest BCUT2D eigenvalue weighted by Gasteiger charge is -2.26. The predicted octanol–water partition coefficient (Wildman–Crippen LogP) is 1.36. The fourth-order valence-corrected chi connectivity index (χ4v) is 2.11. The molecule has 1 aliphatic rings. The van der Waals surface area contributed by atoms with Crippen LogP contribution in [-0.2, 0) is 19.0 Å². The molecule has 0 aromatic heterocycles. The SMILES string of the molecule is CCOC(=O)C(C)(CCCOCC1CCOC1)NC. The first kappa shape index (κ1) is 16.4. The molecule has 1 fully saturated rings. The Kier molecular flexibility index (Phi) is 7.34. The molecule has 0 saturated carbocycles. The maximum Gasteiger partial charge on any atom is 0.326 e. The van der Waals surface area contributed by atoms with Gasteiger partial charge in [0.2, 0.25) is 0 Å². The van der Waals surface area contributed by atoms with Crippen LogP contribution in [0.5, 0.6) is 0 Å². The van der Waals surface area contributed by atoms with Crippen molar-refractivity contribution in [2.45, 2.75) is 38.6 Å². The van der Waals surface area contributed by atoms with Gasteiger partial charge in [0.1, 0.15) is 5.54 Å². The summed E-state index contributed by atoms with van der Waals surface area (Å²) in [6.45, 7) is 7.21. The summed E-state index contributed by atoms with van der Waals surface area (Å²) in [6, 6.07) is 0. The van der Waals surface area contributed by atoms with Crippen molar-refractivity contribution in [3.05, 3.63) is 0 Å². The lowest BCUT2D eigenvalue weighted by atomic mass is 9.96. The van der Waals surface area contributed by atoms with Crippen molar-refractivity contribution in [1.29, 1.82) is 0 Å². The Morgan fingerprint density at radius 2 is 2.32 bits per heavy atom. The molecule has 5 nitrogen and oxygen atoms in total. The summed E-state index contributed by atoms with van der Waals surface area (Å²) in [5.41, 5.74) is -0.615. The van der Waals surface area contributed by atoms with Gasteiger partial charge in [0.15, 0.2) is 0 Å². The van der Waals surface area contributed by atoms with Gasteiger partial charge in [-0.2, -0.15) is 0 Å². The summed E-state index contributed by atoms with van der Waals surface area (Å²) in [7, 11) is 1.79. The average Bonchev–Trinajstić information content (AvgIpc) is 2.91. The van der Waals surface area contributed by atoms with Crippen LogP contribution in [0.4, 0.5) is 0 Å². The van der Waals surface area contributed by atoms with Gasteiger partial charge >= 0.3 is 5.97 Å². The summed E-state index contributed by atoms with van der Waals surface area (Å²) < 4.78 is 16.0. The van der Waals surface area contributed by atoms with Gasteiger partial charge in [-0.3, -0.25) is 4.79 Å². The minimum Gasteiger partial charge on any atom is -0.465 e. The number of rotatable bonds is 9. The number of ether oxygens (including phenoxy) is 3. The lowest BCUT2D eigenvalue weighted by Crippen LogP contribution is -2.48. The quantitative estimate of drug-likeness (QED) is 0.508. The molecule has 19 heavy (non-hydrogen) atoms. The zero-order valence-corrected chi connectivity index (χ0v) is 12.4. The monoisotopic (exact) mass is 273 g/mol. The lowest BCUT2D eigenvalue weighted by molar-refractivity contribution is -0.150. The first-order valence-electron chi connectivity index (χ1n) is 7.14.